The van der Waals surface area contributed by atoms with Crippen molar-refractivity contribution in [2.45, 2.75) is 19.3 Å². The van der Waals surface area contributed by atoms with Gasteiger partial charge < -0.3 is 0 Å². The quantitative estimate of drug-likeness (QED) is 0.596. The molecule has 0 aliphatic heterocycles. The molecule has 0 radical (unpaired) electrons. The van der Waals surface area contributed by atoms with Crippen LogP contribution in [-0.2, 0) is 12.8 Å². The van der Waals surface area contributed by atoms with Gasteiger partial charge >= 0.3 is 0 Å². The first-order chi connectivity index (χ1) is 6.38. The molecule has 0 bridgehead atoms. The van der Waals surface area contributed by atoms with Crippen LogP contribution in [0.4, 0.5) is 0 Å². The van der Waals surface area contributed by atoms with Crippen LogP contribution >= 0.6 is 0 Å². The van der Waals surface area contributed by atoms with E-state index in [9.17, 15) is 0 Å². The minimum atomic E-state index is 0.966. The van der Waals surface area contributed by atoms with Crippen molar-refractivity contribution in [1.29, 1.82) is 0 Å². The van der Waals surface area contributed by atoms with Crippen LogP contribution in [0.1, 0.15) is 17.5 Å². The van der Waals surface area contributed by atoms with Crippen molar-refractivity contribution in [1.82, 2.24) is 0 Å². The average Bonchev–Trinajstić information content (AvgIpc) is 2.17. The summed E-state index contributed by atoms with van der Waals surface area (Å²) in [4.78, 5) is 0. The van der Waals surface area contributed by atoms with E-state index in [1.807, 2.05) is 12.2 Å². The minimum Gasteiger partial charge on any atom is -0.103 e. The first-order valence-corrected chi connectivity index (χ1v) is 4.67. The van der Waals surface area contributed by atoms with E-state index in [1.165, 1.54) is 11.1 Å². The van der Waals surface area contributed by atoms with E-state index in [4.69, 9.17) is 0 Å². The van der Waals surface area contributed by atoms with Crippen molar-refractivity contribution < 1.29 is 0 Å². The summed E-state index contributed by atoms with van der Waals surface area (Å²) in [6.45, 7) is 7.49. The van der Waals surface area contributed by atoms with Gasteiger partial charge in [-0.3, -0.25) is 0 Å². The van der Waals surface area contributed by atoms with Gasteiger partial charge in [0.15, 0.2) is 0 Å². The maximum atomic E-state index is 3.76. The molecular weight excluding hydrogens is 156 g/mol. The van der Waals surface area contributed by atoms with Gasteiger partial charge in [0.1, 0.15) is 0 Å². The Morgan fingerprint density at radius 2 is 1.69 bits per heavy atom. The van der Waals surface area contributed by atoms with E-state index in [0.717, 1.165) is 19.3 Å². The zero-order valence-corrected chi connectivity index (χ0v) is 8.00. The first-order valence-electron chi connectivity index (χ1n) is 4.67. The van der Waals surface area contributed by atoms with Crippen LogP contribution in [0.2, 0.25) is 0 Å². The summed E-state index contributed by atoms with van der Waals surface area (Å²) >= 11 is 0. The molecule has 0 aliphatic rings. The van der Waals surface area contributed by atoms with E-state index in [1.54, 1.807) is 0 Å². The van der Waals surface area contributed by atoms with Crippen LogP contribution in [0.15, 0.2) is 49.6 Å². The predicted octanol–water partition coefficient (Wildman–Crippen LogP) is 3.53. The molecule has 0 aromatic heterocycles. The highest BCUT2D eigenvalue weighted by Crippen LogP contribution is 2.12. The molecule has 1 aromatic rings. The molecule has 0 amide bonds. The Kier molecular flexibility index (Phi) is 4.04. The maximum Gasteiger partial charge on any atom is -0.00974 e. The Morgan fingerprint density at radius 3 is 2.31 bits per heavy atom. The number of allylic oxidation sites excluding steroid dienone is 2. The SMILES string of the molecule is C=CCCc1ccccc1CC=C. The Morgan fingerprint density at radius 1 is 1.00 bits per heavy atom. The summed E-state index contributed by atoms with van der Waals surface area (Å²) in [7, 11) is 0. The lowest BCUT2D eigenvalue weighted by molar-refractivity contribution is 0.978. The summed E-state index contributed by atoms with van der Waals surface area (Å²) in [5.74, 6) is 0. The molecule has 0 saturated carbocycles. The monoisotopic (exact) mass is 172 g/mol. The van der Waals surface area contributed by atoms with Crippen LogP contribution in [0.3, 0.4) is 0 Å². The molecule has 0 aliphatic carbocycles. The number of rotatable bonds is 5. The average molecular weight is 172 g/mol. The van der Waals surface area contributed by atoms with Gasteiger partial charge in [0.05, 0.1) is 0 Å². The molecule has 13 heavy (non-hydrogen) atoms. The van der Waals surface area contributed by atoms with E-state index in [-0.39, 0.29) is 0 Å². The molecule has 0 nitrogen and oxygen atoms in total. The van der Waals surface area contributed by atoms with Crippen molar-refractivity contribution in [3.63, 3.8) is 0 Å². The Bertz CT molecular complexity index is 284. The van der Waals surface area contributed by atoms with E-state index in [2.05, 4.69) is 37.4 Å². The minimum absolute atomic E-state index is 0.966. The van der Waals surface area contributed by atoms with Crippen molar-refractivity contribution in [2.24, 2.45) is 0 Å². The second kappa shape index (κ2) is 5.36. The smallest absolute Gasteiger partial charge is 0.00974 e. The van der Waals surface area contributed by atoms with E-state index < -0.39 is 0 Å². The van der Waals surface area contributed by atoms with Gasteiger partial charge in [0.2, 0.25) is 0 Å². The van der Waals surface area contributed by atoms with Gasteiger partial charge in [-0.25, -0.2) is 0 Å². The zero-order chi connectivity index (χ0) is 9.52. The normalized spacial score (nSPS) is 9.54. The van der Waals surface area contributed by atoms with E-state index >= 15 is 0 Å². The highest BCUT2D eigenvalue weighted by atomic mass is 14.0. The van der Waals surface area contributed by atoms with Crippen molar-refractivity contribution in [3.8, 4) is 0 Å². The highest BCUT2D eigenvalue weighted by Gasteiger charge is 1.97. The Balaban J connectivity index is 2.77. The van der Waals surface area contributed by atoms with Crippen molar-refractivity contribution in [2.75, 3.05) is 0 Å². The second-order valence-electron chi connectivity index (χ2n) is 3.09. The second-order valence-corrected chi connectivity index (χ2v) is 3.09. The number of hydrogen-bond donors (Lipinski definition) is 0. The summed E-state index contributed by atoms with van der Waals surface area (Å²) in [6, 6.07) is 8.52. The fourth-order valence-corrected chi connectivity index (χ4v) is 1.41. The van der Waals surface area contributed by atoms with Crippen LogP contribution in [-0.4, -0.2) is 0 Å². The lowest BCUT2D eigenvalue weighted by atomic mass is 10.0. The third-order valence-electron chi connectivity index (χ3n) is 2.10. The van der Waals surface area contributed by atoms with Crippen molar-refractivity contribution in [3.05, 3.63) is 60.7 Å². The molecule has 0 N–H and O–H groups in total. The van der Waals surface area contributed by atoms with Gasteiger partial charge in [-0.2, -0.15) is 0 Å². The molecule has 1 aromatic carbocycles. The lowest BCUT2D eigenvalue weighted by Gasteiger charge is -2.05. The lowest BCUT2D eigenvalue weighted by Crippen LogP contribution is -1.91. The summed E-state index contributed by atoms with van der Waals surface area (Å²) in [5.41, 5.74) is 2.81. The molecule has 0 spiro atoms. The fourth-order valence-electron chi connectivity index (χ4n) is 1.41. The van der Waals surface area contributed by atoms with Crippen LogP contribution in [0.5, 0.6) is 0 Å². The first kappa shape index (κ1) is 9.79. The molecular formula is C13H16. The molecule has 0 saturated heterocycles. The highest BCUT2D eigenvalue weighted by molar-refractivity contribution is 5.29. The van der Waals surface area contributed by atoms with Gasteiger partial charge in [-0.05, 0) is 30.4 Å². The third-order valence-corrected chi connectivity index (χ3v) is 2.10. The third kappa shape index (κ3) is 2.90. The van der Waals surface area contributed by atoms with Gasteiger partial charge in [-0.1, -0.05) is 36.4 Å². The van der Waals surface area contributed by atoms with Crippen molar-refractivity contribution >= 4 is 0 Å². The van der Waals surface area contributed by atoms with E-state index in [0.29, 0.717) is 0 Å². The molecule has 68 valence electrons. The molecule has 0 unspecified atom stereocenters. The van der Waals surface area contributed by atoms with Crippen LogP contribution in [0.25, 0.3) is 0 Å². The summed E-state index contributed by atoms with van der Waals surface area (Å²) in [6.07, 6.45) is 7.02. The summed E-state index contributed by atoms with van der Waals surface area (Å²) in [5, 5.41) is 0. The standard InChI is InChI=1S/C13H16/c1-3-5-9-13-11-7-6-10-12(13)8-4-2/h3-4,6-7,10-11H,1-2,5,8-9H2. The molecule has 0 heteroatoms. The van der Waals surface area contributed by atoms with Crippen LogP contribution in [0, 0.1) is 0 Å². The van der Waals surface area contributed by atoms with Crippen LogP contribution < -0.4 is 0 Å². The Labute approximate surface area is 80.6 Å². The molecule has 0 heterocycles. The molecule has 1 rings (SSSR count). The van der Waals surface area contributed by atoms with Gasteiger partial charge in [-0.15, -0.1) is 13.2 Å². The topological polar surface area (TPSA) is 0 Å². The maximum absolute atomic E-state index is 3.76. The predicted molar refractivity (Wildman–Crippen MR) is 58.9 cm³/mol. The number of benzene rings is 1. The number of aryl methyl sites for hydroxylation is 1. The van der Waals surface area contributed by atoms with Gasteiger partial charge in [0.25, 0.3) is 0 Å². The number of hydrogen-bond acceptors (Lipinski definition) is 0. The largest absolute Gasteiger partial charge is 0.103 e. The van der Waals surface area contributed by atoms with Gasteiger partial charge in [0, 0.05) is 0 Å². The molecule has 0 atom stereocenters. The fraction of sp³-hybridized carbons (Fsp3) is 0.231. The molecule has 0 fully saturated rings. The Hall–Kier alpha value is -1.30. The summed E-state index contributed by atoms with van der Waals surface area (Å²) < 4.78 is 0. The zero-order valence-electron chi connectivity index (χ0n) is 8.00.